The van der Waals surface area contributed by atoms with Crippen molar-refractivity contribution in [3.8, 4) is 0 Å². The minimum atomic E-state index is 0.743. The van der Waals surface area contributed by atoms with Crippen LogP contribution in [0.25, 0.3) is 0 Å². The van der Waals surface area contributed by atoms with Crippen LogP contribution in [0, 0.1) is 0 Å². The first-order chi connectivity index (χ1) is 6.40. The van der Waals surface area contributed by atoms with Gasteiger partial charge in [0.05, 0.1) is 6.61 Å². The molecule has 1 aromatic rings. The molecule has 0 amide bonds. The van der Waals surface area contributed by atoms with Crippen molar-refractivity contribution in [3.63, 3.8) is 0 Å². The lowest BCUT2D eigenvalue weighted by molar-refractivity contribution is 0.185. The zero-order valence-corrected chi connectivity index (χ0v) is 8.18. The Morgan fingerprint density at radius 2 is 1.92 bits per heavy atom. The molecule has 1 heteroatoms. The van der Waals surface area contributed by atoms with Crippen LogP contribution in [-0.2, 0) is 24.2 Å². The lowest BCUT2D eigenvalue weighted by Gasteiger charge is -2.16. The van der Waals surface area contributed by atoms with Crippen LogP contribution in [0.15, 0.2) is 18.2 Å². The summed E-state index contributed by atoms with van der Waals surface area (Å²) in [6.45, 7) is 0.743. The molecule has 1 nitrogen and oxygen atoms in total. The van der Waals surface area contributed by atoms with Gasteiger partial charge >= 0.3 is 0 Å². The fraction of sp³-hybridized carbons (Fsp3) is 0.500. The number of hydrogen-bond acceptors (Lipinski definition) is 1. The van der Waals surface area contributed by atoms with Crippen LogP contribution >= 0.6 is 0 Å². The minimum Gasteiger partial charge on any atom is -0.380 e. The van der Waals surface area contributed by atoms with Crippen LogP contribution in [0.1, 0.15) is 29.5 Å². The monoisotopic (exact) mass is 176 g/mol. The Kier molecular flexibility index (Phi) is 2.65. The maximum Gasteiger partial charge on any atom is 0.0713 e. The average Bonchev–Trinajstić information content (AvgIpc) is 2.18. The number of methoxy groups -OCH3 is 1. The smallest absolute Gasteiger partial charge is 0.0713 e. The number of ether oxygens (including phenoxy) is 1. The molecular weight excluding hydrogens is 160 g/mol. The van der Waals surface area contributed by atoms with E-state index in [9.17, 15) is 0 Å². The minimum absolute atomic E-state index is 0.743. The molecule has 1 aliphatic rings. The summed E-state index contributed by atoms with van der Waals surface area (Å²) < 4.78 is 5.12. The molecule has 2 rings (SSSR count). The highest BCUT2D eigenvalue weighted by atomic mass is 16.5. The van der Waals surface area contributed by atoms with Crippen LogP contribution < -0.4 is 0 Å². The quantitative estimate of drug-likeness (QED) is 0.673. The summed E-state index contributed by atoms with van der Waals surface area (Å²) in [6.07, 6.45) is 5.23. The standard InChI is InChI=1S/C12H16O/c1-13-9-10-6-7-11-4-2-3-5-12(11)8-10/h6-8H,2-5,9H2,1H3. The van der Waals surface area contributed by atoms with E-state index in [0.29, 0.717) is 0 Å². The van der Waals surface area contributed by atoms with Crippen molar-refractivity contribution in [2.24, 2.45) is 0 Å². The van der Waals surface area contributed by atoms with E-state index in [0.717, 1.165) is 6.61 Å². The molecule has 0 fully saturated rings. The highest BCUT2D eigenvalue weighted by molar-refractivity contribution is 5.33. The Bertz CT molecular complexity index is 291. The third-order valence-electron chi connectivity index (χ3n) is 2.72. The zero-order valence-electron chi connectivity index (χ0n) is 8.18. The van der Waals surface area contributed by atoms with E-state index in [1.54, 1.807) is 18.2 Å². The Morgan fingerprint density at radius 1 is 1.15 bits per heavy atom. The number of hydrogen-bond donors (Lipinski definition) is 0. The summed E-state index contributed by atoms with van der Waals surface area (Å²) in [5.41, 5.74) is 4.40. The van der Waals surface area contributed by atoms with E-state index in [1.807, 2.05) is 0 Å². The fourth-order valence-corrected chi connectivity index (χ4v) is 2.04. The molecule has 0 saturated carbocycles. The van der Waals surface area contributed by atoms with Crippen molar-refractivity contribution < 1.29 is 4.74 Å². The first-order valence-electron chi connectivity index (χ1n) is 5.00. The molecule has 0 N–H and O–H groups in total. The van der Waals surface area contributed by atoms with Crippen LogP contribution in [0.5, 0.6) is 0 Å². The molecule has 0 radical (unpaired) electrons. The average molecular weight is 176 g/mol. The van der Waals surface area contributed by atoms with Crippen molar-refractivity contribution >= 4 is 0 Å². The molecule has 0 heterocycles. The lowest BCUT2D eigenvalue weighted by Crippen LogP contribution is -2.03. The molecule has 0 aromatic heterocycles. The molecule has 0 atom stereocenters. The van der Waals surface area contributed by atoms with Crippen LogP contribution in [0.3, 0.4) is 0 Å². The van der Waals surface area contributed by atoms with E-state index in [4.69, 9.17) is 4.74 Å². The van der Waals surface area contributed by atoms with Gasteiger partial charge in [-0.2, -0.15) is 0 Å². The summed E-state index contributed by atoms with van der Waals surface area (Å²) >= 11 is 0. The molecule has 13 heavy (non-hydrogen) atoms. The van der Waals surface area contributed by atoms with E-state index >= 15 is 0 Å². The van der Waals surface area contributed by atoms with Gasteiger partial charge in [-0.25, -0.2) is 0 Å². The molecule has 0 saturated heterocycles. The Hall–Kier alpha value is -0.820. The molecule has 1 aliphatic carbocycles. The molecule has 0 unspecified atom stereocenters. The van der Waals surface area contributed by atoms with Gasteiger partial charge < -0.3 is 4.74 Å². The summed E-state index contributed by atoms with van der Waals surface area (Å²) in [5, 5.41) is 0. The highest BCUT2D eigenvalue weighted by Crippen LogP contribution is 2.22. The first-order valence-corrected chi connectivity index (χ1v) is 5.00. The van der Waals surface area contributed by atoms with Crippen molar-refractivity contribution in [1.29, 1.82) is 0 Å². The normalized spacial score (nSPS) is 15.5. The van der Waals surface area contributed by atoms with Gasteiger partial charge in [0, 0.05) is 7.11 Å². The van der Waals surface area contributed by atoms with Gasteiger partial charge in [0.1, 0.15) is 0 Å². The maximum absolute atomic E-state index is 5.12. The van der Waals surface area contributed by atoms with Crippen molar-refractivity contribution in [3.05, 3.63) is 34.9 Å². The van der Waals surface area contributed by atoms with Gasteiger partial charge in [-0.1, -0.05) is 18.2 Å². The summed E-state index contributed by atoms with van der Waals surface area (Å²) in [6, 6.07) is 6.76. The maximum atomic E-state index is 5.12. The van der Waals surface area contributed by atoms with Crippen LogP contribution in [0.2, 0.25) is 0 Å². The van der Waals surface area contributed by atoms with E-state index in [-0.39, 0.29) is 0 Å². The third kappa shape index (κ3) is 1.92. The van der Waals surface area contributed by atoms with Crippen molar-refractivity contribution in [2.75, 3.05) is 7.11 Å². The van der Waals surface area contributed by atoms with E-state index in [1.165, 1.54) is 31.2 Å². The van der Waals surface area contributed by atoms with Crippen LogP contribution in [-0.4, -0.2) is 7.11 Å². The third-order valence-corrected chi connectivity index (χ3v) is 2.72. The van der Waals surface area contributed by atoms with Crippen molar-refractivity contribution in [2.45, 2.75) is 32.3 Å². The number of aryl methyl sites for hydroxylation is 2. The van der Waals surface area contributed by atoms with Gasteiger partial charge in [-0.05, 0) is 42.4 Å². The second-order valence-electron chi connectivity index (χ2n) is 3.74. The first kappa shape index (κ1) is 8.76. The van der Waals surface area contributed by atoms with Gasteiger partial charge in [-0.15, -0.1) is 0 Å². The highest BCUT2D eigenvalue weighted by Gasteiger charge is 2.08. The lowest BCUT2D eigenvalue weighted by atomic mass is 9.90. The largest absolute Gasteiger partial charge is 0.380 e. The van der Waals surface area contributed by atoms with Crippen LogP contribution in [0.4, 0.5) is 0 Å². The predicted octanol–water partition coefficient (Wildman–Crippen LogP) is 2.71. The molecular formula is C12H16O. The van der Waals surface area contributed by atoms with Gasteiger partial charge in [-0.3, -0.25) is 0 Å². The molecule has 70 valence electrons. The van der Waals surface area contributed by atoms with Gasteiger partial charge in [0.25, 0.3) is 0 Å². The zero-order chi connectivity index (χ0) is 9.10. The predicted molar refractivity (Wildman–Crippen MR) is 53.8 cm³/mol. The van der Waals surface area contributed by atoms with E-state index < -0.39 is 0 Å². The second-order valence-corrected chi connectivity index (χ2v) is 3.74. The summed E-state index contributed by atoms with van der Waals surface area (Å²) in [4.78, 5) is 0. The topological polar surface area (TPSA) is 9.23 Å². The van der Waals surface area contributed by atoms with Gasteiger partial charge in [0.2, 0.25) is 0 Å². The summed E-state index contributed by atoms with van der Waals surface area (Å²) in [5.74, 6) is 0. The van der Waals surface area contributed by atoms with Crippen molar-refractivity contribution in [1.82, 2.24) is 0 Å². The summed E-state index contributed by atoms with van der Waals surface area (Å²) in [7, 11) is 1.75. The Balaban J connectivity index is 2.24. The molecule has 0 spiro atoms. The number of benzene rings is 1. The van der Waals surface area contributed by atoms with Gasteiger partial charge in [0.15, 0.2) is 0 Å². The molecule has 0 bridgehead atoms. The fourth-order valence-electron chi connectivity index (χ4n) is 2.04. The SMILES string of the molecule is COCc1ccc2c(c1)CCCC2. The Labute approximate surface area is 79.7 Å². The molecule has 1 aromatic carbocycles. The molecule has 0 aliphatic heterocycles. The van der Waals surface area contributed by atoms with E-state index in [2.05, 4.69) is 18.2 Å². The second kappa shape index (κ2) is 3.93. The number of rotatable bonds is 2. The number of fused-ring (bicyclic) bond motifs is 1. The Morgan fingerprint density at radius 3 is 2.69 bits per heavy atom.